The first kappa shape index (κ1) is 16.0. The van der Waals surface area contributed by atoms with Crippen LogP contribution in [0.15, 0.2) is 48.5 Å². The first-order chi connectivity index (χ1) is 11.5. The van der Waals surface area contributed by atoms with Gasteiger partial charge in [0.1, 0.15) is 11.9 Å². The molecule has 24 heavy (non-hydrogen) atoms. The number of hydrogen-bond donors (Lipinski definition) is 0. The summed E-state index contributed by atoms with van der Waals surface area (Å²) in [7, 11) is 0. The topological polar surface area (TPSA) is 72.7 Å². The second kappa shape index (κ2) is 6.70. The number of hydrogen-bond acceptors (Lipinski definition) is 4. The molecule has 0 spiro atoms. The monoisotopic (exact) mass is 326 g/mol. The normalized spacial score (nSPS) is 16.9. The highest BCUT2D eigenvalue weighted by Gasteiger charge is 2.28. The first-order valence-corrected chi connectivity index (χ1v) is 7.80. The van der Waals surface area contributed by atoms with Crippen LogP contribution in [0.1, 0.15) is 22.3 Å². The van der Waals surface area contributed by atoms with Gasteiger partial charge in [-0.05, 0) is 25.1 Å². The van der Waals surface area contributed by atoms with Gasteiger partial charge in [-0.25, -0.2) is 0 Å². The van der Waals surface area contributed by atoms with Crippen LogP contribution in [0, 0.1) is 17.0 Å². The second-order valence-corrected chi connectivity index (χ2v) is 5.90. The van der Waals surface area contributed by atoms with Gasteiger partial charge in [0.05, 0.1) is 17.5 Å². The minimum absolute atomic E-state index is 0.00168. The largest absolute Gasteiger partial charge is 0.488 e. The molecule has 0 aliphatic carbocycles. The highest BCUT2D eigenvalue weighted by molar-refractivity contribution is 5.94. The van der Waals surface area contributed by atoms with E-state index in [1.54, 1.807) is 17.0 Å². The molecule has 1 atom stereocenters. The summed E-state index contributed by atoms with van der Waals surface area (Å²) in [6, 6.07) is 13.6. The quantitative estimate of drug-likeness (QED) is 0.639. The van der Waals surface area contributed by atoms with E-state index in [0.29, 0.717) is 30.8 Å². The van der Waals surface area contributed by atoms with Crippen molar-refractivity contribution in [2.45, 2.75) is 19.4 Å². The predicted octanol–water partition coefficient (Wildman–Crippen LogP) is 3.20. The van der Waals surface area contributed by atoms with E-state index in [-0.39, 0.29) is 17.7 Å². The van der Waals surface area contributed by atoms with Gasteiger partial charge in [-0.15, -0.1) is 0 Å². The van der Waals surface area contributed by atoms with Gasteiger partial charge >= 0.3 is 0 Å². The van der Waals surface area contributed by atoms with E-state index in [4.69, 9.17) is 4.74 Å². The summed E-state index contributed by atoms with van der Waals surface area (Å²) in [5, 5.41) is 10.8. The fourth-order valence-corrected chi connectivity index (χ4v) is 2.83. The lowest BCUT2D eigenvalue weighted by Gasteiger charge is -2.17. The number of carbonyl (C=O) groups excluding carboxylic acids is 1. The molecular weight excluding hydrogens is 308 g/mol. The molecule has 1 saturated heterocycles. The van der Waals surface area contributed by atoms with Crippen LogP contribution >= 0.6 is 0 Å². The Morgan fingerprint density at radius 1 is 1.25 bits per heavy atom. The Hall–Kier alpha value is -2.89. The number of carbonyl (C=O) groups is 1. The fourth-order valence-electron chi connectivity index (χ4n) is 2.83. The Kier molecular flexibility index (Phi) is 4.46. The summed E-state index contributed by atoms with van der Waals surface area (Å²) in [6.45, 7) is 3.05. The molecule has 0 radical (unpaired) electrons. The first-order valence-electron chi connectivity index (χ1n) is 7.80. The van der Waals surface area contributed by atoms with Crippen molar-refractivity contribution in [1.29, 1.82) is 0 Å². The van der Waals surface area contributed by atoms with E-state index in [1.165, 1.54) is 12.1 Å². The number of nitro groups is 1. The minimum Gasteiger partial charge on any atom is -0.488 e. The molecular formula is C18H18N2O4. The molecule has 1 heterocycles. The fraction of sp³-hybridized carbons (Fsp3) is 0.278. The van der Waals surface area contributed by atoms with Crippen LogP contribution in [0.5, 0.6) is 5.75 Å². The van der Waals surface area contributed by atoms with Crippen molar-refractivity contribution in [2.24, 2.45) is 0 Å². The Bertz CT molecular complexity index is 775. The third kappa shape index (κ3) is 3.53. The van der Waals surface area contributed by atoms with Crippen molar-refractivity contribution in [3.8, 4) is 5.75 Å². The Morgan fingerprint density at radius 3 is 2.79 bits per heavy atom. The SMILES string of the molecule is Cc1cccc(C(=O)N2CC[C@@H](Oc3cccc([N+](=O)[O-])c3)C2)c1. The maximum Gasteiger partial charge on any atom is 0.273 e. The van der Waals surface area contributed by atoms with Crippen molar-refractivity contribution in [1.82, 2.24) is 4.90 Å². The van der Waals surface area contributed by atoms with Crippen LogP contribution in [0.2, 0.25) is 0 Å². The summed E-state index contributed by atoms with van der Waals surface area (Å²) in [5.41, 5.74) is 1.72. The number of nitro benzene ring substituents is 1. The van der Waals surface area contributed by atoms with Crippen LogP contribution in [-0.2, 0) is 0 Å². The number of nitrogens with zero attached hydrogens (tertiary/aromatic N) is 2. The van der Waals surface area contributed by atoms with E-state index in [2.05, 4.69) is 0 Å². The maximum atomic E-state index is 12.5. The second-order valence-electron chi connectivity index (χ2n) is 5.90. The van der Waals surface area contributed by atoms with Gasteiger partial charge in [-0.2, -0.15) is 0 Å². The number of ether oxygens (including phenoxy) is 1. The zero-order valence-corrected chi connectivity index (χ0v) is 13.3. The summed E-state index contributed by atoms with van der Waals surface area (Å²) >= 11 is 0. The average molecular weight is 326 g/mol. The third-order valence-corrected chi connectivity index (χ3v) is 4.03. The van der Waals surface area contributed by atoms with Crippen molar-refractivity contribution in [2.75, 3.05) is 13.1 Å². The summed E-state index contributed by atoms with van der Waals surface area (Å²) in [6.07, 6.45) is 0.557. The van der Waals surface area contributed by atoms with Gasteiger partial charge in [0.25, 0.3) is 11.6 Å². The average Bonchev–Trinajstić information content (AvgIpc) is 3.03. The van der Waals surface area contributed by atoms with Crippen LogP contribution in [0.25, 0.3) is 0 Å². The van der Waals surface area contributed by atoms with E-state index in [9.17, 15) is 14.9 Å². The minimum atomic E-state index is -0.449. The van der Waals surface area contributed by atoms with E-state index in [0.717, 1.165) is 5.56 Å². The van der Waals surface area contributed by atoms with Gasteiger partial charge < -0.3 is 9.64 Å². The lowest BCUT2D eigenvalue weighted by atomic mass is 10.1. The van der Waals surface area contributed by atoms with Gasteiger partial charge in [0.2, 0.25) is 0 Å². The Labute approximate surface area is 139 Å². The van der Waals surface area contributed by atoms with Crippen molar-refractivity contribution in [3.63, 3.8) is 0 Å². The summed E-state index contributed by atoms with van der Waals surface area (Å²) in [5.74, 6) is 0.447. The van der Waals surface area contributed by atoms with Gasteiger partial charge in [-0.3, -0.25) is 14.9 Å². The van der Waals surface area contributed by atoms with E-state index < -0.39 is 4.92 Å². The molecule has 124 valence electrons. The highest BCUT2D eigenvalue weighted by atomic mass is 16.6. The highest BCUT2D eigenvalue weighted by Crippen LogP contribution is 2.23. The van der Waals surface area contributed by atoms with Crippen LogP contribution in [0.3, 0.4) is 0 Å². The van der Waals surface area contributed by atoms with Gasteiger partial charge in [-0.1, -0.05) is 23.8 Å². The van der Waals surface area contributed by atoms with Crippen LogP contribution in [-0.4, -0.2) is 34.9 Å². The van der Waals surface area contributed by atoms with Crippen LogP contribution in [0.4, 0.5) is 5.69 Å². The Balaban J connectivity index is 1.64. The van der Waals surface area contributed by atoms with Gasteiger partial charge in [0.15, 0.2) is 0 Å². The molecule has 3 rings (SSSR count). The standard InChI is InChI=1S/C18H18N2O4/c1-13-4-2-5-14(10-13)18(21)19-9-8-17(12-19)24-16-7-3-6-15(11-16)20(22)23/h2-7,10-11,17H,8-9,12H2,1H3/t17-/m1/s1. The zero-order valence-electron chi connectivity index (χ0n) is 13.3. The molecule has 1 aliphatic heterocycles. The molecule has 1 fully saturated rings. The molecule has 0 unspecified atom stereocenters. The lowest BCUT2D eigenvalue weighted by molar-refractivity contribution is -0.384. The summed E-state index contributed by atoms with van der Waals surface area (Å²) in [4.78, 5) is 24.6. The van der Waals surface area contributed by atoms with Gasteiger partial charge in [0, 0.05) is 24.6 Å². The number of non-ortho nitro benzene ring substituents is 1. The number of likely N-dealkylation sites (tertiary alicyclic amines) is 1. The molecule has 2 aromatic carbocycles. The van der Waals surface area contributed by atoms with Crippen molar-refractivity contribution in [3.05, 3.63) is 69.8 Å². The Morgan fingerprint density at radius 2 is 2.04 bits per heavy atom. The molecule has 1 amide bonds. The molecule has 0 saturated carbocycles. The maximum absolute atomic E-state index is 12.5. The molecule has 6 nitrogen and oxygen atoms in total. The number of benzene rings is 2. The lowest BCUT2D eigenvalue weighted by Crippen LogP contribution is -2.30. The zero-order chi connectivity index (χ0) is 17.1. The number of rotatable bonds is 4. The van der Waals surface area contributed by atoms with E-state index in [1.807, 2.05) is 31.2 Å². The van der Waals surface area contributed by atoms with Crippen LogP contribution < -0.4 is 4.74 Å². The predicted molar refractivity (Wildman–Crippen MR) is 89.2 cm³/mol. The molecule has 0 bridgehead atoms. The molecule has 1 aliphatic rings. The van der Waals surface area contributed by atoms with E-state index >= 15 is 0 Å². The summed E-state index contributed by atoms with van der Waals surface area (Å²) < 4.78 is 5.81. The smallest absolute Gasteiger partial charge is 0.273 e. The third-order valence-electron chi connectivity index (χ3n) is 4.03. The molecule has 0 N–H and O–H groups in total. The van der Waals surface area contributed by atoms with Crippen molar-refractivity contribution >= 4 is 11.6 Å². The van der Waals surface area contributed by atoms with Crippen molar-refractivity contribution < 1.29 is 14.5 Å². The number of amides is 1. The molecule has 2 aromatic rings. The molecule has 6 heteroatoms. The number of aryl methyl sites for hydroxylation is 1. The molecule has 0 aromatic heterocycles.